The lowest BCUT2D eigenvalue weighted by atomic mass is 10.2. The number of fused-ring (bicyclic) bond motifs is 1. The van der Waals surface area contributed by atoms with E-state index in [1.165, 1.54) is 0 Å². The smallest absolute Gasteiger partial charge is 0.372 e. The number of imidazole rings is 1. The van der Waals surface area contributed by atoms with E-state index >= 15 is 0 Å². The van der Waals surface area contributed by atoms with E-state index in [0.717, 1.165) is 29.4 Å². The zero-order valence-electron chi connectivity index (χ0n) is 9.26. The molecular formula is C12H13N3O2. The third-order valence-electron chi connectivity index (χ3n) is 3.09. The maximum absolute atomic E-state index is 11.2. The predicted octanol–water partition coefficient (Wildman–Crippen LogP) is 1.53. The van der Waals surface area contributed by atoms with Gasteiger partial charge >= 0.3 is 5.97 Å². The van der Waals surface area contributed by atoms with Gasteiger partial charge in [0, 0.05) is 12.6 Å². The summed E-state index contributed by atoms with van der Waals surface area (Å²) in [6, 6.07) is 6.00. The highest BCUT2D eigenvalue weighted by molar-refractivity contribution is 5.90. The SMILES string of the molecule is NCc1ccc2c(c1)nc(C(=O)O)n2C1CC1. The summed E-state index contributed by atoms with van der Waals surface area (Å²) in [7, 11) is 0. The molecule has 0 radical (unpaired) electrons. The molecule has 1 fully saturated rings. The summed E-state index contributed by atoms with van der Waals surface area (Å²) >= 11 is 0. The molecule has 0 unspecified atom stereocenters. The van der Waals surface area contributed by atoms with Gasteiger partial charge in [-0.1, -0.05) is 6.07 Å². The molecule has 1 aliphatic rings. The monoisotopic (exact) mass is 231 g/mol. The molecule has 0 spiro atoms. The summed E-state index contributed by atoms with van der Waals surface area (Å²) in [5.74, 6) is -0.834. The van der Waals surface area contributed by atoms with Crippen LogP contribution in [0.5, 0.6) is 0 Å². The number of nitrogens with two attached hydrogens (primary N) is 1. The minimum atomic E-state index is -0.970. The van der Waals surface area contributed by atoms with E-state index in [9.17, 15) is 4.79 Å². The van der Waals surface area contributed by atoms with Crippen molar-refractivity contribution in [3.05, 3.63) is 29.6 Å². The fourth-order valence-electron chi connectivity index (χ4n) is 2.12. The molecule has 5 heteroatoms. The van der Waals surface area contributed by atoms with Crippen LogP contribution in [0.1, 0.15) is 35.1 Å². The van der Waals surface area contributed by atoms with Gasteiger partial charge in [-0.3, -0.25) is 0 Å². The molecule has 17 heavy (non-hydrogen) atoms. The quantitative estimate of drug-likeness (QED) is 0.839. The van der Waals surface area contributed by atoms with Crippen molar-refractivity contribution in [3.8, 4) is 0 Å². The lowest BCUT2D eigenvalue weighted by Crippen LogP contribution is -2.08. The summed E-state index contributed by atoms with van der Waals surface area (Å²) in [6.45, 7) is 0.439. The lowest BCUT2D eigenvalue weighted by molar-refractivity contribution is 0.0678. The van der Waals surface area contributed by atoms with E-state index in [-0.39, 0.29) is 5.82 Å². The van der Waals surface area contributed by atoms with Crippen molar-refractivity contribution in [2.24, 2.45) is 5.73 Å². The largest absolute Gasteiger partial charge is 0.475 e. The van der Waals surface area contributed by atoms with E-state index in [1.807, 2.05) is 22.8 Å². The van der Waals surface area contributed by atoms with Crippen LogP contribution < -0.4 is 5.73 Å². The highest BCUT2D eigenvalue weighted by atomic mass is 16.4. The molecule has 2 aromatic rings. The van der Waals surface area contributed by atoms with Crippen LogP contribution in [0.4, 0.5) is 0 Å². The van der Waals surface area contributed by atoms with Crippen molar-refractivity contribution in [3.63, 3.8) is 0 Å². The van der Waals surface area contributed by atoms with Crippen molar-refractivity contribution in [2.75, 3.05) is 0 Å². The van der Waals surface area contributed by atoms with Crippen LogP contribution in [0.15, 0.2) is 18.2 Å². The zero-order chi connectivity index (χ0) is 12.0. The summed E-state index contributed by atoms with van der Waals surface area (Å²) in [4.78, 5) is 15.4. The van der Waals surface area contributed by atoms with Gasteiger partial charge in [0.2, 0.25) is 5.82 Å². The van der Waals surface area contributed by atoms with Crippen LogP contribution in [0.2, 0.25) is 0 Å². The zero-order valence-corrected chi connectivity index (χ0v) is 9.26. The van der Waals surface area contributed by atoms with Crippen LogP contribution in [-0.2, 0) is 6.54 Å². The van der Waals surface area contributed by atoms with E-state index < -0.39 is 5.97 Å². The predicted molar refractivity (Wildman–Crippen MR) is 62.9 cm³/mol. The second-order valence-electron chi connectivity index (χ2n) is 4.37. The second-order valence-corrected chi connectivity index (χ2v) is 4.37. The minimum Gasteiger partial charge on any atom is -0.475 e. The van der Waals surface area contributed by atoms with Gasteiger partial charge in [-0.25, -0.2) is 9.78 Å². The summed E-state index contributed by atoms with van der Waals surface area (Å²) in [5.41, 5.74) is 8.14. The van der Waals surface area contributed by atoms with Crippen LogP contribution in [-0.4, -0.2) is 20.6 Å². The van der Waals surface area contributed by atoms with Crippen molar-refractivity contribution in [2.45, 2.75) is 25.4 Å². The van der Waals surface area contributed by atoms with Gasteiger partial charge in [0.15, 0.2) is 0 Å². The molecule has 1 aromatic heterocycles. The Balaban J connectivity index is 2.26. The van der Waals surface area contributed by atoms with Crippen molar-refractivity contribution >= 4 is 17.0 Å². The number of aromatic nitrogens is 2. The summed E-state index contributed by atoms with van der Waals surface area (Å²) < 4.78 is 1.83. The third-order valence-corrected chi connectivity index (χ3v) is 3.09. The number of carbonyl (C=O) groups is 1. The normalized spacial score (nSPS) is 15.4. The maximum atomic E-state index is 11.2. The molecule has 5 nitrogen and oxygen atoms in total. The van der Waals surface area contributed by atoms with E-state index in [1.54, 1.807) is 0 Å². The third kappa shape index (κ3) is 1.59. The van der Waals surface area contributed by atoms with Gasteiger partial charge in [-0.2, -0.15) is 0 Å². The number of nitrogens with zero attached hydrogens (tertiary/aromatic N) is 2. The highest BCUT2D eigenvalue weighted by Gasteiger charge is 2.30. The number of hydrogen-bond donors (Lipinski definition) is 2. The van der Waals surface area contributed by atoms with Crippen molar-refractivity contribution < 1.29 is 9.90 Å². The van der Waals surface area contributed by atoms with Crippen LogP contribution in [0.25, 0.3) is 11.0 Å². The first-order valence-electron chi connectivity index (χ1n) is 5.65. The number of rotatable bonds is 3. The average molecular weight is 231 g/mol. The van der Waals surface area contributed by atoms with E-state index in [0.29, 0.717) is 12.6 Å². The van der Waals surface area contributed by atoms with Gasteiger partial charge in [-0.05, 0) is 30.5 Å². The fraction of sp³-hybridized carbons (Fsp3) is 0.333. The Morgan fingerprint density at radius 2 is 2.29 bits per heavy atom. The lowest BCUT2D eigenvalue weighted by Gasteiger charge is -2.04. The number of carboxylic acids is 1. The molecule has 0 saturated heterocycles. The van der Waals surface area contributed by atoms with Gasteiger partial charge in [-0.15, -0.1) is 0 Å². The standard InChI is InChI=1S/C12H13N3O2/c13-6-7-1-4-10-9(5-7)14-11(12(16)17)15(10)8-2-3-8/h1,4-5,8H,2-3,6,13H2,(H,16,17). The number of aromatic carboxylic acids is 1. The summed E-state index contributed by atoms with van der Waals surface area (Å²) in [6.07, 6.45) is 2.06. The van der Waals surface area contributed by atoms with Crippen LogP contribution in [0.3, 0.4) is 0 Å². The molecule has 0 atom stereocenters. The Kier molecular flexibility index (Phi) is 2.16. The molecule has 88 valence electrons. The molecule has 3 N–H and O–H groups in total. The van der Waals surface area contributed by atoms with Crippen LogP contribution in [0, 0.1) is 0 Å². The molecule has 1 aromatic carbocycles. The molecule has 0 bridgehead atoms. The van der Waals surface area contributed by atoms with Gasteiger partial charge in [0.1, 0.15) is 0 Å². The fourth-order valence-corrected chi connectivity index (χ4v) is 2.12. The Bertz CT molecular complexity index is 599. The van der Waals surface area contributed by atoms with Gasteiger partial charge in [0.05, 0.1) is 11.0 Å². The Morgan fingerprint density at radius 1 is 1.53 bits per heavy atom. The number of hydrogen-bond acceptors (Lipinski definition) is 3. The first kappa shape index (κ1) is 10.3. The van der Waals surface area contributed by atoms with Gasteiger partial charge in [0.25, 0.3) is 0 Å². The first-order valence-corrected chi connectivity index (χ1v) is 5.65. The molecule has 0 amide bonds. The highest BCUT2D eigenvalue weighted by Crippen LogP contribution is 2.38. The second kappa shape index (κ2) is 3.56. The van der Waals surface area contributed by atoms with Crippen LogP contribution >= 0.6 is 0 Å². The molecule has 1 aliphatic carbocycles. The molecule has 3 rings (SSSR count). The Hall–Kier alpha value is -1.88. The average Bonchev–Trinajstić information content (AvgIpc) is 3.08. The number of benzene rings is 1. The minimum absolute atomic E-state index is 0.136. The number of carboxylic acid groups (broad SMARTS) is 1. The molecular weight excluding hydrogens is 218 g/mol. The Morgan fingerprint density at radius 3 is 2.88 bits per heavy atom. The maximum Gasteiger partial charge on any atom is 0.372 e. The van der Waals surface area contributed by atoms with Crippen molar-refractivity contribution in [1.29, 1.82) is 0 Å². The molecule has 1 saturated carbocycles. The van der Waals surface area contributed by atoms with E-state index in [4.69, 9.17) is 10.8 Å². The van der Waals surface area contributed by atoms with Crippen molar-refractivity contribution in [1.82, 2.24) is 9.55 Å². The van der Waals surface area contributed by atoms with E-state index in [2.05, 4.69) is 4.98 Å². The first-order chi connectivity index (χ1) is 8.20. The van der Waals surface area contributed by atoms with Gasteiger partial charge < -0.3 is 15.4 Å². The topological polar surface area (TPSA) is 81.1 Å². The molecule has 0 aliphatic heterocycles. The Labute approximate surface area is 97.9 Å². The summed E-state index contributed by atoms with van der Waals surface area (Å²) in [5, 5.41) is 9.16. The molecule has 1 heterocycles.